The molecule has 5 heteroatoms. The molecule has 0 spiro atoms. The average molecular weight is 373 g/mol. The summed E-state index contributed by atoms with van der Waals surface area (Å²) in [6.45, 7) is 4.12. The van der Waals surface area contributed by atoms with Gasteiger partial charge in [-0.2, -0.15) is 8.42 Å². The van der Waals surface area contributed by atoms with Gasteiger partial charge >= 0.3 is 0 Å². The Kier molecular flexibility index (Phi) is 6.75. The van der Waals surface area contributed by atoms with E-state index in [9.17, 15) is 8.42 Å². The van der Waals surface area contributed by atoms with Crippen LogP contribution in [0.25, 0.3) is 10.9 Å². The van der Waals surface area contributed by atoms with Crippen LogP contribution >= 0.6 is 0 Å². The second-order valence-electron chi connectivity index (χ2n) is 5.67. The molecular weight excluding hydrogens is 346 g/mol. The predicted molar refractivity (Wildman–Crippen MR) is 107 cm³/mol. The first-order chi connectivity index (χ1) is 12.9. The fraction of sp³-hybridized carbons (Fsp3) is 0.286. The Hall–Kier alpha value is -2.24. The largest absolute Gasteiger partial charge is 0.270 e. The van der Waals surface area contributed by atoms with Gasteiger partial charge in [0.1, 0.15) is 0 Å². The first-order valence-electron chi connectivity index (χ1n) is 9.18. The Morgan fingerprint density at radius 3 is 2.50 bits per heavy atom. The molecule has 0 aliphatic carbocycles. The molecule has 3 rings (SSSR count). The lowest BCUT2D eigenvalue weighted by molar-refractivity contribution is 0.309. The predicted octanol–water partition coefficient (Wildman–Crippen LogP) is 4.76. The van der Waals surface area contributed by atoms with E-state index < -0.39 is 10.1 Å². The van der Waals surface area contributed by atoms with E-state index in [4.69, 9.17) is 5.55 Å². The van der Waals surface area contributed by atoms with Gasteiger partial charge in [-0.15, -0.1) is 0 Å². The number of nitrogens with zero attached hydrogens (tertiary/aromatic N) is 1. The van der Waals surface area contributed by atoms with Gasteiger partial charge in [-0.1, -0.05) is 56.3 Å². The fourth-order valence-electron chi connectivity index (χ4n) is 2.79. The van der Waals surface area contributed by atoms with Crippen LogP contribution in [0.1, 0.15) is 38.7 Å². The standard InChI is InChI=1S/C19H19NO3S.C2H6/c1-24(21,22)23-13-11-18(15-6-3-2-4-7-15)16-9-10-19-17(14-16)8-5-12-20-19;1-2/h2-10,12,14,18H,11,13H2,1H3;1-2H3/i5D;. The molecule has 0 fully saturated rings. The molecule has 1 atom stereocenters. The summed E-state index contributed by atoms with van der Waals surface area (Å²) in [5.74, 6) is 0.00161. The summed E-state index contributed by atoms with van der Waals surface area (Å²) in [4.78, 5) is 4.26. The zero-order valence-electron chi connectivity index (χ0n) is 16.3. The quantitative estimate of drug-likeness (QED) is 0.586. The maximum Gasteiger partial charge on any atom is 0.264 e. The third kappa shape index (κ3) is 5.64. The molecule has 0 aliphatic heterocycles. The van der Waals surface area contributed by atoms with Crippen molar-refractivity contribution in [1.29, 1.82) is 0 Å². The van der Waals surface area contributed by atoms with Crippen molar-refractivity contribution in [3.63, 3.8) is 0 Å². The summed E-state index contributed by atoms with van der Waals surface area (Å²) < 4.78 is 35.2. The summed E-state index contributed by atoms with van der Waals surface area (Å²) in [7, 11) is -3.46. The maximum atomic E-state index is 11.2. The van der Waals surface area contributed by atoms with E-state index >= 15 is 0 Å². The van der Waals surface area contributed by atoms with E-state index in [2.05, 4.69) is 4.98 Å². The first kappa shape index (κ1) is 18.5. The van der Waals surface area contributed by atoms with E-state index in [1.165, 1.54) is 6.20 Å². The summed E-state index contributed by atoms with van der Waals surface area (Å²) in [5.41, 5.74) is 2.97. The van der Waals surface area contributed by atoms with E-state index in [1.54, 1.807) is 6.07 Å². The number of pyridine rings is 1. The maximum absolute atomic E-state index is 11.2. The van der Waals surface area contributed by atoms with E-state index in [-0.39, 0.29) is 12.5 Å². The zero-order chi connectivity index (χ0) is 19.9. The molecule has 3 aromatic rings. The Balaban J connectivity index is 0.00000126. The van der Waals surface area contributed by atoms with Crippen LogP contribution < -0.4 is 0 Å². The van der Waals surface area contributed by atoms with Crippen molar-refractivity contribution in [2.24, 2.45) is 0 Å². The number of benzene rings is 2. The summed E-state index contributed by atoms with van der Waals surface area (Å²) in [6, 6.07) is 18.0. The second-order valence-corrected chi connectivity index (χ2v) is 7.31. The van der Waals surface area contributed by atoms with Crippen molar-refractivity contribution in [2.45, 2.75) is 26.2 Å². The van der Waals surface area contributed by atoms with Crippen LogP contribution in [-0.2, 0) is 14.3 Å². The topological polar surface area (TPSA) is 56.3 Å². The lowest BCUT2D eigenvalue weighted by atomic mass is 9.88. The fourth-order valence-corrected chi connectivity index (χ4v) is 3.18. The Morgan fingerprint density at radius 1 is 1.08 bits per heavy atom. The minimum atomic E-state index is -3.46. The number of hydrogen-bond donors (Lipinski definition) is 0. The summed E-state index contributed by atoms with van der Waals surface area (Å²) in [6.07, 6.45) is 3.12. The molecular formula is C21H25NO3S. The molecule has 0 saturated heterocycles. The van der Waals surface area contributed by atoms with Gasteiger partial charge in [0.25, 0.3) is 10.1 Å². The van der Waals surface area contributed by atoms with Crippen molar-refractivity contribution in [3.8, 4) is 0 Å². The van der Waals surface area contributed by atoms with E-state index in [0.717, 1.165) is 28.3 Å². The lowest BCUT2D eigenvalue weighted by Gasteiger charge is -2.18. The molecule has 1 aromatic heterocycles. The van der Waals surface area contributed by atoms with E-state index in [0.29, 0.717) is 12.5 Å². The number of fused-ring (bicyclic) bond motifs is 1. The molecule has 1 unspecified atom stereocenters. The second kappa shape index (κ2) is 9.46. The molecule has 26 heavy (non-hydrogen) atoms. The molecule has 0 bridgehead atoms. The first-order valence-corrected chi connectivity index (χ1v) is 10.5. The van der Waals surface area contributed by atoms with Crippen LogP contribution in [0.4, 0.5) is 0 Å². The van der Waals surface area contributed by atoms with Gasteiger partial charge in [0.2, 0.25) is 0 Å². The highest BCUT2D eigenvalue weighted by Gasteiger charge is 2.16. The van der Waals surface area contributed by atoms with Gasteiger partial charge in [-0.05, 0) is 35.7 Å². The number of aromatic nitrogens is 1. The van der Waals surface area contributed by atoms with Crippen molar-refractivity contribution in [1.82, 2.24) is 4.98 Å². The molecule has 0 radical (unpaired) electrons. The number of hydrogen-bond acceptors (Lipinski definition) is 4. The van der Waals surface area contributed by atoms with Crippen molar-refractivity contribution in [3.05, 3.63) is 78.0 Å². The normalized spacial score (nSPS) is 12.8. The molecule has 0 N–H and O–H groups in total. The minimum absolute atomic E-state index is 0.00161. The van der Waals surface area contributed by atoms with Gasteiger partial charge in [-0.3, -0.25) is 9.17 Å². The molecule has 138 valence electrons. The lowest BCUT2D eigenvalue weighted by Crippen LogP contribution is -2.09. The molecule has 0 amide bonds. The summed E-state index contributed by atoms with van der Waals surface area (Å²) >= 11 is 0. The molecule has 0 saturated carbocycles. The van der Waals surface area contributed by atoms with Crippen molar-refractivity contribution in [2.75, 3.05) is 12.9 Å². The van der Waals surface area contributed by atoms with Gasteiger partial charge < -0.3 is 0 Å². The minimum Gasteiger partial charge on any atom is -0.270 e. The van der Waals surface area contributed by atoms with Gasteiger partial charge in [0.05, 0.1) is 19.8 Å². The molecule has 1 heterocycles. The van der Waals surface area contributed by atoms with Crippen molar-refractivity contribution >= 4 is 21.0 Å². The van der Waals surface area contributed by atoms with E-state index in [1.807, 2.05) is 62.4 Å². The van der Waals surface area contributed by atoms with Crippen LogP contribution in [0, 0.1) is 0 Å². The monoisotopic (exact) mass is 372 g/mol. The zero-order valence-corrected chi connectivity index (χ0v) is 16.2. The van der Waals surface area contributed by atoms with Gasteiger partial charge in [0, 0.05) is 17.5 Å². The van der Waals surface area contributed by atoms with Crippen LogP contribution in [-0.4, -0.2) is 26.3 Å². The van der Waals surface area contributed by atoms with Crippen LogP contribution in [0.2, 0.25) is 0 Å². The van der Waals surface area contributed by atoms with Gasteiger partial charge in [-0.25, -0.2) is 0 Å². The van der Waals surface area contributed by atoms with Crippen LogP contribution in [0.5, 0.6) is 0 Å². The highest BCUT2D eigenvalue weighted by Crippen LogP contribution is 2.30. The van der Waals surface area contributed by atoms with Crippen molar-refractivity contribution < 1.29 is 14.0 Å². The Bertz CT molecular complexity index is 975. The Morgan fingerprint density at radius 2 is 1.81 bits per heavy atom. The third-order valence-electron chi connectivity index (χ3n) is 3.88. The average Bonchev–Trinajstić information content (AvgIpc) is 2.66. The third-order valence-corrected chi connectivity index (χ3v) is 4.47. The SMILES string of the molecule is CC.[2H]c1cnc2ccc(C(CCOS(C)(=O)=O)c3ccccc3)cc2c1. The van der Waals surface area contributed by atoms with Crippen LogP contribution in [0.3, 0.4) is 0 Å². The summed E-state index contributed by atoms with van der Waals surface area (Å²) in [5, 5.41) is 0.898. The van der Waals surface area contributed by atoms with Crippen LogP contribution in [0.15, 0.2) is 66.8 Å². The Labute approximate surface area is 157 Å². The van der Waals surface area contributed by atoms with Gasteiger partial charge in [0.15, 0.2) is 0 Å². The smallest absolute Gasteiger partial charge is 0.264 e. The molecule has 4 nitrogen and oxygen atoms in total. The molecule has 0 aliphatic rings. The molecule has 2 aromatic carbocycles. The highest BCUT2D eigenvalue weighted by molar-refractivity contribution is 7.85. The number of rotatable bonds is 6. The highest BCUT2D eigenvalue weighted by atomic mass is 32.2.